The van der Waals surface area contributed by atoms with E-state index in [4.69, 9.17) is 23.2 Å². The second-order valence-electron chi connectivity index (χ2n) is 7.15. The summed E-state index contributed by atoms with van der Waals surface area (Å²) in [6, 6.07) is 5.75. The number of guanidine groups is 1. The summed E-state index contributed by atoms with van der Waals surface area (Å²) in [5.74, 6) is 0.481. The van der Waals surface area contributed by atoms with Crippen LogP contribution in [0.5, 0.6) is 0 Å². The third-order valence-corrected chi connectivity index (χ3v) is 5.85. The summed E-state index contributed by atoms with van der Waals surface area (Å²) in [7, 11) is 1.71. The average molecular weight is 441 g/mol. The largest absolute Gasteiger partial charge is 0.355 e. The lowest BCUT2D eigenvalue weighted by Crippen LogP contribution is -2.49. The van der Waals surface area contributed by atoms with Gasteiger partial charge in [-0.25, -0.2) is 4.79 Å². The molecule has 0 aromatic heterocycles. The van der Waals surface area contributed by atoms with Crippen LogP contribution in [-0.2, 0) is 11.3 Å². The first-order valence-electron chi connectivity index (χ1n) is 9.68. The van der Waals surface area contributed by atoms with Crippen LogP contribution in [0.3, 0.4) is 0 Å². The summed E-state index contributed by atoms with van der Waals surface area (Å²) in [5, 5.41) is 10.3. The van der Waals surface area contributed by atoms with Crippen LogP contribution in [0.25, 0.3) is 0 Å². The number of carbonyl (C=O) groups excluding carboxylic acids is 2. The van der Waals surface area contributed by atoms with E-state index >= 15 is 0 Å². The number of amides is 3. The van der Waals surface area contributed by atoms with E-state index in [-0.39, 0.29) is 18.5 Å². The van der Waals surface area contributed by atoms with Crippen molar-refractivity contribution in [2.75, 3.05) is 39.8 Å². The zero-order chi connectivity index (χ0) is 20.8. The second kappa shape index (κ2) is 10.1. The van der Waals surface area contributed by atoms with E-state index in [1.165, 1.54) is 4.90 Å². The van der Waals surface area contributed by atoms with Crippen LogP contribution < -0.4 is 16.0 Å². The van der Waals surface area contributed by atoms with Crippen LogP contribution in [0.4, 0.5) is 4.79 Å². The Hall–Kier alpha value is -2.03. The highest BCUT2D eigenvalue weighted by Crippen LogP contribution is 2.24. The quantitative estimate of drug-likeness (QED) is 0.355. The highest BCUT2D eigenvalue weighted by molar-refractivity contribution is 6.42. The molecule has 0 aliphatic carbocycles. The number of aliphatic imine (C=N–C) groups is 1. The van der Waals surface area contributed by atoms with Crippen molar-refractivity contribution in [1.29, 1.82) is 0 Å². The van der Waals surface area contributed by atoms with Crippen molar-refractivity contribution >= 4 is 41.1 Å². The van der Waals surface area contributed by atoms with E-state index in [9.17, 15) is 9.59 Å². The molecule has 0 radical (unpaired) electrons. The molecule has 3 N–H and O–H groups in total. The normalized spacial score (nSPS) is 18.9. The van der Waals surface area contributed by atoms with E-state index in [0.29, 0.717) is 35.1 Å². The SMILES string of the molecule is CN=C(NCCN1C(=O)CNC1=O)NC1CCN(Cc2ccc(Cl)c(Cl)c2)CC1. The van der Waals surface area contributed by atoms with Crippen molar-refractivity contribution in [3.8, 4) is 0 Å². The summed E-state index contributed by atoms with van der Waals surface area (Å²) >= 11 is 12.1. The van der Waals surface area contributed by atoms with Crippen molar-refractivity contribution in [1.82, 2.24) is 25.8 Å². The Labute approximate surface area is 180 Å². The van der Waals surface area contributed by atoms with Crippen LogP contribution in [0.2, 0.25) is 10.0 Å². The number of likely N-dealkylation sites (tertiary alicyclic amines) is 1. The van der Waals surface area contributed by atoms with Crippen molar-refractivity contribution in [3.05, 3.63) is 33.8 Å². The molecule has 10 heteroatoms. The third kappa shape index (κ3) is 5.98. The fourth-order valence-electron chi connectivity index (χ4n) is 3.49. The van der Waals surface area contributed by atoms with E-state index in [0.717, 1.165) is 38.0 Å². The van der Waals surface area contributed by atoms with Gasteiger partial charge in [-0.1, -0.05) is 29.3 Å². The molecule has 2 aliphatic rings. The van der Waals surface area contributed by atoms with Crippen molar-refractivity contribution in [3.63, 3.8) is 0 Å². The van der Waals surface area contributed by atoms with Crippen LogP contribution >= 0.6 is 23.2 Å². The van der Waals surface area contributed by atoms with Gasteiger partial charge >= 0.3 is 6.03 Å². The molecule has 0 saturated carbocycles. The minimum absolute atomic E-state index is 0.0760. The first-order chi connectivity index (χ1) is 14.0. The standard InChI is InChI=1S/C19H26Cl2N6O2/c1-22-18(23-6-9-27-17(28)11-24-19(27)29)25-14-4-7-26(8-5-14)12-13-2-3-15(20)16(21)10-13/h2-3,10,14H,4-9,11-12H2,1H3,(H,24,29)(H2,22,23,25). The van der Waals surface area contributed by atoms with Gasteiger partial charge in [0.2, 0.25) is 5.91 Å². The Kier molecular flexibility index (Phi) is 7.57. The molecular weight excluding hydrogens is 415 g/mol. The summed E-state index contributed by atoms with van der Waals surface area (Å²) in [4.78, 5) is 31.0. The van der Waals surface area contributed by atoms with Gasteiger partial charge in [0.25, 0.3) is 0 Å². The van der Waals surface area contributed by atoms with Gasteiger partial charge in [-0.15, -0.1) is 0 Å². The number of carbonyl (C=O) groups is 2. The fourth-order valence-corrected chi connectivity index (χ4v) is 3.81. The maximum absolute atomic E-state index is 11.6. The summed E-state index contributed by atoms with van der Waals surface area (Å²) in [6.07, 6.45) is 1.99. The molecule has 8 nitrogen and oxygen atoms in total. The monoisotopic (exact) mass is 440 g/mol. The van der Waals surface area contributed by atoms with E-state index in [1.54, 1.807) is 7.05 Å². The lowest BCUT2D eigenvalue weighted by atomic mass is 10.0. The predicted octanol–water partition coefficient (Wildman–Crippen LogP) is 1.67. The number of hydrogen-bond acceptors (Lipinski definition) is 4. The number of rotatable bonds is 6. The maximum atomic E-state index is 11.6. The number of imide groups is 1. The van der Waals surface area contributed by atoms with Gasteiger partial charge in [-0.2, -0.15) is 0 Å². The Morgan fingerprint density at radius 3 is 2.62 bits per heavy atom. The molecule has 2 fully saturated rings. The van der Waals surface area contributed by atoms with Gasteiger partial charge < -0.3 is 16.0 Å². The highest BCUT2D eigenvalue weighted by atomic mass is 35.5. The molecule has 0 spiro atoms. The molecule has 0 atom stereocenters. The first-order valence-corrected chi connectivity index (χ1v) is 10.4. The molecule has 3 amide bonds. The molecule has 158 valence electrons. The molecule has 0 unspecified atom stereocenters. The lowest BCUT2D eigenvalue weighted by Gasteiger charge is -2.33. The molecule has 29 heavy (non-hydrogen) atoms. The van der Waals surface area contributed by atoms with Gasteiger partial charge in [-0.05, 0) is 30.5 Å². The van der Waals surface area contributed by atoms with Crippen molar-refractivity contribution < 1.29 is 9.59 Å². The Bertz CT molecular complexity index is 764. The number of piperidine rings is 1. The van der Waals surface area contributed by atoms with E-state index in [1.807, 2.05) is 18.2 Å². The van der Waals surface area contributed by atoms with Gasteiger partial charge in [0.1, 0.15) is 0 Å². The molecule has 1 aromatic carbocycles. The Balaban J connectivity index is 1.39. The molecule has 2 aliphatic heterocycles. The topological polar surface area (TPSA) is 89.1 Å². The smallest absolute Gasteiger partial charge is 0.324 e. The minimum atomic E-state index is -0.339. The van der Waals surface area contributed by atoms with Gasteiger partial charge in [-0.3, -0.25) is 19.6 Å². The number of halogens is 2. The van der Waals surface area contributed by atoms with E-state index < -0.39 is 0 Å². The number of nitrogens with one attached hydrogen (secondary N) is 3. The molecule has 3 rings (SSSR count). The average Bonchev–Trinajstić information content (AvgIpc) is 3.03. The van der Waals surface area contributed by atoms with Gasteiger partial charge in [0, 0.05) is 45.8 Å². The number of nitrogens with zero attached hydrogens (tertiary/aromatic N) is 3. The van der Waals surface area contributed by atoms with Crippen LogP contribution in [-0.4, -0.2) is 73.5 Å². The zero-order valence-corrected chi connectivity index (χ0v) is 17.9. The lowest BCUT2D eigenvalue weighted by molar-refractivity contribution is -0.124. The highest BCUT2D eigenvalue weighted by Gasteiger charge is 2.27. The van der Waals surface area contributed by atoms with Crippen LogP contribution in [0.1, 0.15) is 18.4 Å². The summed E-state index contributed by atoms with van der Waals surface area (Å²) < 4.78 is 0. The van der Waals surface area contributed by atoms with E-state index in [2.05, 4.69) is 25.8 Å². The minimum Gasteiger partial charge on any atom is -0.355 e. The number of urea groups is 1. The Morgan fingerprint density at radius 1 is 1.24 bits per heavy atom. The number of benzene rings is 1. The second-order valence-corrected chi connectivity index (χ2v) is 7.96. The first kappa shape index (κ1) is 21.7. The summed E-state index contributed by atoms with van der Waals surface area (Å²) in [5.41, 5.74) is 1.16. The van der Waals surface area contributed by atoms with Gasteiger partial charge in [0.15, 0.2) is 5.96 Å². The molecule has 1 aromatic rings. The van der Waals surface area contributed by atoms with Crippen LogP contribution in [0.15, 0.2) is 23.2 Å². The third-order valence-electron chi connectivity index (χ3n) is 5.11. The molecular formula is C19H26Cl2N6O2. The van der Waals surface area contributed by atoms with Crippen LogP contribution in [0, 0.1) is 0 Å². The summed E-state index contributed by atoms with van der Waals surface area (Å²) in [6.45, 7) is 3.63. The van der Waals surface area contributed by atoms with Gasteiger partial charge in [0.05, 0.1) is 16.6 Å². The maximum Gasteiger partial charge on any atom is 0.324 e. The van der Waals surface area contributed by atoms with Crippen molar-refractivity contribution in [2.45, 2.75) is 25.4 Å². The Morgan fingerprint density at radius 2 is 2.00 bits per heavy atom. The molecule has 2 saturated heterocycles. The van der Waals surface area contributed by atoms with Crippen molar-refractivity contribution in [2.24, 2.45) is 4.99 Å². The fraction of sp³-hybridized carbons (Fsp3) is 0.526. The zero-order valence-electron chi connectivity index (χ0n) is 16.4. The molecule has 2 heterocycles. The number of hydrogen-bond donors (Lipinski definition) is 3. The molecule has 0 bridgehead atoms. The predicted molar refractivity (Wildman–Crippen MR) is 114 cm³/mol.